The Bertz CT molecular complexity index is 284. The molecule has 0 bridgehead atoms. The fourth-order valence-corrected chi connectivity index (χ4v) is 0.985. The van der Waals surface area contributed by atoms with Crippen molar-refractivity contribution in [3.63, 3.8) is 0 Å². The van der Waals surface area contributed by atoms with Crippen molar-refractivity contribution in [2.45, 2.75) is 0 Å². The molecule has 5 nitrogen and oxygen atoms in total. The molecule has 1 aromatic heterocycles. The van der Waals surface area contributed by atoms with Gasteiger partial charge in [0, 0.05) is 0 Å². The average molecular weight is 218 g/mol. The van der Waals surface area contributed by atoms with E-state index < -0.39 is 21.0 Å². The van der Waals surface area contributed by atoms with Crippen LogP contribution in [0.5, 0.6) is 0 Å². The molecule has 0 aromatic carbocycles. The van der Waals surface area contributed by atoms with Crippen LogP contribution < -0.4 is 4.33 Å². The van der Waals surface area contributed by atoms with Crippen molar-refractivity contribution < 1.29 is 4.39 Å². The third kappa shape index (κ3) is 2.11. The van der Waals surface area contributed by atoms with E-state index >= 15 is 0 Å². The van der Waals surface area contributed by atoms with Gasteiger partial charge < -0.3 is 0 Å². The van der Waals surface area contributed by atoms with E-state index in [1.807, 2.05) is 4.97 Å². The molecule has 1 rings (SSSR count). The monoisotopic (exact) mass is 219 g/mol. The standard InChI is InChI=1S/C4H2FN5Se/c5-3-1-7-10-8-4(3)9-11-2-6/h1H,(H,7,8,9). The fourth-order valence-electron chi connectivity index (χ4n) is 0.396. The van der Waals surface area contributed by atoms with Gasteiger partial charge in [-0.3, -0.25) is 0 Å². The Morgan fingerprint density at radius 1 is 1.73 bits per heavy atom. The van der Waals surface area contributed by atoms with E-state index in [0.717, 1.165) is 6.20 Å². The van der Waals surface area contributed by atoms with Crippen molar-refractivity contribution in [1.29, 1.82) is 5.26 Å². The van der Waals surface area contributed by atoms with E-state index in [0.29, 0.717) is 0 Å². The van der Waals surface area contributed by atoms with Crippen LogP contribution in [0.2, 0.25) is 0 Å². The van der Waals surface area contributed by atoms with Crippen LogP contribution in [0.3, 0.4) is 0 Å². The third-order valence-corrected chi connectivity index (χ3v) is 1.60. The van der Waals surface area contributed by atoms with Crippen LogP contribution in [0.4, 0.5) is 10.2 Å². The number of nitrogens with zero attached hydrogens (tertiary/aromatic N) is 4. The molecule has 1 aromatic rings. The number of nitriles is 1. The SMILES string of the molecule is N#C[Se]Nc1nnncc1F. The van der Waals surface area contributed by atoms with Crippen LogP contribution >= 0.6 is 0 Å². The molecule has 0 atom stereocenters. The topological polar surface area (TPSA) is 74.5 Å². The Morgan fingerprint density at radius 3 is 3.18 bits per heavy atom. The van der Waals surface area contributed by atoms with Gasteiger partial charge in [0.25, 0.3) is 0 Å². The summed E-state index contributed by atoms with van der Waals surface area (Å²) >= 11 is -0.503. The van der Waals surface area contributed by atoms with Gasteiger partial charge in [-0.25, -0.2) is 0 Å². The van der Waals surface area contributed by atoms with E-state index in [2.05, 4.69) is 19.7 Å². The van der Waals surface area contributed by atoms with Gasteiger partial charge in [0.2, 0.25) is 0 Å². The Hall–Kier alpha value is -1.25. The zero-order valence-electron chi connectivity index (χ0n) is 5.15. The molecular weight excluding hydrogens is 216 g/mol. The molecule has 56 valence electrons. The maximum atomic E-state index is 12.6. The zero-order valence-corrected chi connectivity index (χ0v) is 6.87. The number of aromatic nitrogens is 3. The number of halogens is 1. The molecule has 1 N–H and O–H groups in total. The van der Waals surface area contributed by atoms with Crippen LogP contribution in [-0.4, -0.2) is 30.6 Å². The van der Waals surface area contributed by atoms with Crippen LogP contribution in [0.25, 0.3) is 0 Å². The summed E-state index contributed by atoms with van der Waals surface area (Å²) in [6.45, 7) is 0. The van der Waals surface area contributed by atoms with Crippen molar-refractivity contribution in [2.24, 2.45) is 0 Å². The van der Waals surface area contributed by atoms with Crippen molar-refractivity contribution in [3.05, 3.63) is 12.0 Å². The number of anilines is 1. The molecule has 0 aliphatic carbocycles. The first-order valence-corrected chi connectivity index (χ1v) is 4.20. The van der Waals surface area contributed by atoms with E-state index in [-0.39, 0.29) is 5.82 Å². The van der Waals surface area contributed by atoms with Crippen LogP contribution in [-0.2, 0) is 0 Å². The Balaban J connectivity index is 2.71. The summed E-state index contributed by atoms with van der Waals surface area (Å²) in [5.74, 6) is -0.626. The second-order valence-electron chi connectivity index (χ2n) is 1.43. The van der Waals surface area contributed by atoms with E-state index in [4.69, 9.17) is 5.26 Å². The molecule has 1 heterocycles. The van der Waals surface area contributed by atoms with Crippen molar-refractivity contribution in [3.8, 4) is 4.97 Å². The van der Waals surface area contributed by atoms with Gasteiger partial charge in [0.15, 0.2) is 0 Å². The quantitative estimate of drug-likeness (QED) is 0.678. The number of hydrogen-bond acceptors (Lipinski definition) is 5. The second-order valence-corrected chi connectivity index (χ2v) is 2.67. The van der Waals surface area contributed by atoms with E-state index in [9.17, 15) is 4.39 Å². The normalized spacial score (nSPS) is 8.73. The first-order chi connectivity index (χ1) is 5.34. The van der Waals surface area contributed by atoms with Crippen molar-refractivity contribution in [1.82, 2.24) is 15.4 Å². The van der Waals surface area contributed by atoms with Crippen LogP contribution in [0.15, 0.2) is 6.20 Å². The van der Waals surface area contributed by atoms with E-state index in [1.165, 1.54) is 0 Å². The minimum absolute atomic E-state index is 0.0263. The van der Waals surface area contributed by atoms with Crippen LogP contribution in [0.1, 0.15) is 0 Å². The summed E-state index contributed by atoms with van der Waals surface area (Å²) in [6.07, 6.45) is 0.933. The van der Waals surface area contributed by atoms with Crippen molar-refractivity contribution >= 4 is 21.0 Å². The Kier molecular flexibility index (Phi) is 2.72. The molecule has 7 heteroatoms. The number of rotatable bonds is 2. The average Bonchev–Trinajstić information content (AvgIpc) is 2.03. The summed E-state index contributed by atoms with van der Waals surface area (Å²) in [6, 6.07) is 0. The molecule has 0 spiro atoms. The molecular formula is C4H2FN5Se. The number of hydrogen-bond donors (Lipinski definition) is 1. The van der Waals surface area contributed by atoms with Gasteiger partial charge in [-0.2, -0.15) is 0 Å². The third-order valence-electron chi connectivity index (χ3n) is 0.787. The van der Waals surface area contributed by atoms with Gasteiger partial charge in [-0.1, -0.05) is 0 Å². The minimum atomic E-state index is -0.600. The second kappa shape index (κ2) is 3.81. The van der Waals surface area contributed by atoms with Gasteiger partial charge in [-0.05, 0) is 0 Å². The molecule has 0 saturated heterocycles. The molecule has 0 radical (unpaired) electrons. The molecule has 0 saturated carbocycles. The number of nitrogens with one attached hydrogen (secondary N) is 1. The summed E-state index contributed by atoms with van der Waals surface area (Å²) in [7, 11) is 0. The van der Waals surface area contributed by atoms with Crippen molar-refractivity contribution in [2.75, 3.05) is 4.33 Å². The van der Waals surface area contributed by atoms with Gasteiger partial charge in [0.05, 0.1) is 0 Å². The first kappa shape index (κ1) is 7.85. The van der Waals surface area contributed by atoms with Gasteiger partial charge >= 0.3 is 67.4 Å². The predicted octanol–water partition coefficient (Wildman–Crippen LogP) is -0.477. The summed E-state index contributed by atoms with van der Waals surface area (Å²) in [5, 5.41) is 17.9. The fraction of sp³-hybridized carbons (Fsp3) is 0. The molecule has 11 heavy (non-hydrogen) atoms. The molecule has 0 unspecified atom stereocenters. The Morgan fingerprint density at radius 2 is 2.55 bits per heavy atom. The summed E-state index contributed by atoms with van der Waals surface area (Å²) in [4.78, 5) is 1.84. The van der Waals surface area contributed by atoms with Gasteiger partial charge in [0.1, 0.15) is 0 Å². The Labute approximate surface area is 68.0 Å². The molecule has 0 fully saturated rings. The maximum absolute atomic E-state index is 12.6. The summed E-state index contributed by atoms with van der Waals surface area (Å²) in [5.41, 5.74) is 0. The first-order valence-electron chi connectivity index (χ1n) is 2.49. The summed E-state index contributed by atoms with van der Waals surface area (Å²) < 4.78 is 15.1. The molecule has 0 amide bonds. The zero-order chi connectivity index (χ0) is 8.10. The molecule has 0 aliphatic heterocycles. The predicted molar refractivity (Wildman–Crippen MR) is 34.8 cm³/mol. The van der Waals surface area contributed by atoms with E-state index in [1.54, 1.807) is 0 Å². The molecule has 0 aliphatic rings. The van der Waals surface area contributed by atoms with Crippen LogP contribution in [0, 0.1) is 16.0 Å². The van der Waals surface area contributed by atoms with Gasteiger partial charge in [-0.15, -0.1) is 0 Å².